The number of aromatic nitrogens is 1. The van der Waals surface area contributed by atoms with E-state index >= 15 is 0 Å². The Bertz CT molecular complexity index is 406. The topological polar surface area (TPSA) is 57.0 Å². The molecule has 0 fully saturated rings. The van der Waals surface area contributed by atoms with Crippen molar-refractivity contribution in [3.63, 3.8) is 0 Å². The van der Waals surface area contributed by atoms with E-state index < -0.39 is 0 Å². The fourth-order valence-electron chi connectivity index (χ4n) is 1.10. The lowest BCUT2D eigenvalue weighted by atomic mass is 10.2. The van der Waals surface area contributed by atoms with E-state index in [9.17, 15) is 4.79 Å². The Balaban J connectivity index is 2.51. The molecule has 0 aliphatic rings. The van der Waals surface area contributed by atoms with Gasteiger partial charge in [-0.3, -0.25) is 9.78 Å². The molecule has 16 heavy (non-hydrogen) atoms. The Morgan fingerprint density at radius 2 is 2.50 bits per heavy atom. The second kappa shape index (κ2) is 6.36. The third-order valence-electron chi connectivity index (χ3n) is 2.04. The van der Waals surface area contributed by atoms with Gasteiger partial charge in [0.25, 0.3) is 0 Å². The van der Waals surface area contributed by atoms with Gasteiger partial charge in [0, 0.05) is 32.1 Å². The molecule has 1 rings (SSSR count). The van der Waals surface area contributed by atoms with Gasteiger partial charge in [-0.2, -0.15) is 5.26 Å². The largest absolute Gasteiger partial charge is 0.341 e. The second-order valence-corrected chi connectivity index (χ2v) is 3.29. The lowest BCUT2D eigenvalue weighted by molar-refractivity contribution is -0.124. The van der Waals surface area contributed by atoms with Crippen molar-refractivity contribution < 1.29 is 4.79 Å². The fraction of sp³-hybridized carbons (Fsp3) is 0.250. The van der Waals surface area contributed by atoms with Crippen molar-refractivity contribution in [1.82, 2.24) is 9.88 Å². The third-order valence-corrected chi connectivity index (χ3v) is 2.04. The molecule has 0 bridgehead atoms. The van der Waals surface area contributed by atoms with E-state index in [1.54, 1.807) is 25.5 Å². The molecule has 0 N–H and O–H groups in total. The fourth-order valence-corrected chi connectivity index (χ4v) is 1.10. The van der Waals surface area contributed by atoms with Crippen LogP contribution in [0.15, 0.2) is 30.6 Å². The van der Waals surface area contributed by atoms with Crippen LogP contribution >= 0.6 is 0 Å². The summed E-state index contributed by atoms with van der Waals surface area (Å²) in [6.45, 7) is 0.451. The maximum absolute atomic E-state index is 11.5. The van der Waals surface area contributed by atoms with E-state index in [4.69, 9.17) is 5.26 Å². The molecule has 0 aliphatic heterocycles. The monoisotopic (exact) mass is 215 g/mol. The summed E-state index contributed by atoms with van der Waals surface area (Å²) in [5, 5.41) is 8.39. The Kier molecular flexibility index (Phi) is 4.74. The molecule has 1 aromatic rings. The number of hydrogen-bond donors (Lipinski definition) is 0. The molecule has 1 heterocycles. The molecule has 0 unspecified atom stereocenters. The summed E-state index contributed by atoms with van der Waals surface area (Å²) in [4.78, 5) is 17.0. The van der Waals surface area contributed by atoms with Gasteiger partial charge in [-0.15, -0.1) is 0 Å². The van der Waals surface area contributed by atoms with Crippen molar-refractivity contribution in [3.8, 4) is 6.07 Å². The van der Waals surface area contributed by atoms with Crippen LogP contribution < -0.4 is 0 Å². The lowest BCUT2D eigenvalue weighted by Gasteiger charge is -2.12. The van der Waals surface area contributed by atoms with E-state index in [1.165, 1.54) is 11.0 Å². The van der Waals surface area contributed by atoms with E-state index in [2.05, 4.69) is 4.98 Å². The molecule has 4 heteroatoms. The van der Waals surface area contributed by atoms with Gasteiger partial charge in [0.05, 0.1) is 12.5 Å². The summed E-state index contributed by atoms with van der Waals surface area (Å²) in [7, 11) is 1.67. The third kappa shape index (κ3) is 3.93. The Morgan fingerprint density at radius 1 is 1.69 bits per heavy atom. The predicted molar refractivity (Wildman–Crippen MR) is 61.1 cm³/mol. The molecule has 0 aromatic carbocycles. The minimum atomic E-state index is -0.112. The highest BCUT2D eigenvalue weighted by Crippen LogP contribution is 1.99. The van der Waals surface area contributed by atoms with Gasteiger partial charge >= 0.3 is 0 Å². The summed E-state index contributed by atoms with van der Waals surface area (Å²) in [5.41, 5.74) is 0.879. The highest BCUT2D eigenvalue weighted by Gasteiger charge is 2.02. The number of rotatable bonds is 4. The normalized spacial score (nSPS) is 10.0. The smallest absolute Gasteiger partial charge is 0.246 e. The minimum Gasteiger partial charge on any atom is -0.341 e. The van der Waals surface area contributed by atoms with Crippen molar-refractivity contribution in [3.05, 3.63) is 36.2 Å². The van der Waals surface area contributed by atoms with Crippen molar-refractivity contribution in [2.24, 2.45) is 0 Å². The summed E-state index contributed by atoms with van der Waals surface area (Å²) >= 11 is 0. The zero-order chi connectivity index (χ0) is 11.8. The van der Waals surface area contributed by atoms with Crippen molar-refractivity contribution in [2.45, 2.75) is 6.42 Å². The van der Waals surface area contributed by atoms with Gasteiger partial charge in [0.2, 0.25) is 5.91 Å². The predicted octanol–water partition coefficient (Wildman–Crippen LogP) is 1.47. The highest BCUT2D eigenvalue weighted by atomic mass is 16.2. The molecule has 0 spiro atoms. The number of hydrogen-bond acceptors (Lipinski definition) is 3. The van der Waals surface area contributed by atoms with E-state index in [1.807, 2.05) is 18.2 Å². The number of likely N-dealkylation sites (N-methyl/N-ethyl adjacent to an activating group) is 1. The molecule has 0 atom stereocenters. The van der Waals surface area contributed by atoms with E-state index in [0.717, 1.165) is 5.56 Å². The first kappa shape index (κ1) is 11.9. The van der Waals surface area contributed by atoms with Crippen LogP contribution in [0.25, 0.3) is 6.08 Å². The molecule has 0 saturated carbocycles. The molecule has 0 radical (unpaired) electrons. The number of nitriles is 1. The van der Waals surface area contributed by atoms with E-state index in [-0.39, 0.29) is 5.91 Å². The number of amides is 1. The van der Waals surface area contributed by atoms with Crippen LogP contribution in [-0.4, -0.2) is 29.4 Å². The molecule has 82 valence electrons. The van der Waals surface area contributed by atoms with Crippen molar-refractivity contribution in [2.75, 3.05) is 13.6 Å². The van der Waals surface area contributed by atoms with Crippen molar-refractivity contribution in [1.29, 1.82) is 5.26 Å². The first-order valence-electron chi connectivity index (χ1n) is 4.94. The summed E-state index contributed by atoms with van der Waals surface area (Å²) in [5.74, 6) is -0.112. The van der Waals surface area contributed by atoms with Crippen LogP contribution in [0.2, 0.25) is 0 Å². The SMILES string of the molecule is CN(CCC#N)C(=O)/C=C/c1cccnc1. The average Bonchev–Trinajstić information content (AvgIpc) is 2.34. The first-order valence-corrected chi connectivity index (χ1v) is 4.94. The van der Waals surface area contributed by atoms with Gasteiger partial charge in [0.1, 0.15) is 0 Å². The molecule has 1 amide bonds. The molecule has 4 nitrogen and oxygen atoms in total. The maximum atomic E-state index is 11.5. The van der Waals surface area contributed by atoms with Crippen LogP contribution in [0.1, 0.15) is 12.0 Å². The number of carbonyl (C=O) groups is 1. The summed E-state index contributed by atoms with van der Waals surface area (Å²) in [6.07, 6.45) is 6.90. The zero-order valence-corrected chi connectivity index (χ0v) is 9.13. The van der Waals surface area contributed by atoms with Crippen LogP contribution in [0.4, 0.5) is 0 Å². The number of pyridine rings is 1. The number of nitrogens with zero attached hydrogens (tertiary/aromatic N) is 3. The van der Waals surface area contributed by atoms with Crippen LogP contribution in [0.5, 0.6) is 0 Å². The van der Waals surface area contributed by atoms with E-state index in [0.29, 0.717) is 13.0 Å². The Hall–Kier alpha value is -2.15. The van der Waals surface area contributed by atoms with Gasteiger partial charge in [-0.1, -0.05) is 6.07 Å². The molecule has 0 aliphatic carbocycles. The highest BCUT2D eigenvalue weighted by molar-refractivity contribution is 5.91. The van der Waals surface area contributed by atoms with Gasteiger partial charge in [-0.25, -0.2) is 0 Å². The summed E-state index contributed by atoms with van der Waals surface area (Å²) in [6, 6.07) is 5.68. The van der Waals surface area contributed by atoms with Gasteiger partial charge in [0.15, 0.2) is 0 Å². The second-order valence-electron chi connectivity index (χ2n) is 3.29. The van der Waals surface area contributed by atoms with Gasteiger partial charge < -0.3 is 4.90 Å². The lowest BCUT2D eigenvalue weighted by Crippen LogP contribution is -2.25. The van der Waals surface area contributed by atoms with Crippen LogP contribution in [0.3, 0.4) is 0 Å². The number of carbonyl (C=O) groups excluding carboxylic acids is 1. The zero-order valence-electron chi connectivity index (χ0n) is 9.13. The molecule has 0 saturated heterocycles. The maximum Gasteiger partial charge on any atom is 0.246 e. The van der Waals surface area contributed by atoms with Gasteiger partial charge in [-0.05, 0) is 17.7 Å². The van der Waals surface area contributed by atoms with Crippen LogP contribution in [0, 0.1) is 11.3 Å². The summed E-state index contributed by atoms with van der Waals surface area (Å²) < 4.78 is 0. The average molecular weight is 215 g/mol. The quantitative estimate of drug-likeness (QED) is 0.714. The standard InChI is InChI=1S/C12H13N3O/c1-15(9-3-7-13)12(16)6-5-11-4-2-8-14-10-11/h2,4-6,8,10H,3,9H2,1H3/b6-5+. The minimum absolute atomic E-state index is 0.112. The molecular formula is C12H13N3O. The Morgan fingerprint density at radius 3 is 3.12 bits per heavy atom. The van der Waals surface area contributed by atoms with Crippen LogP contribution in [-0.2, 0) is 4.79 Å². The molecule has 1 aromatic heterocycles. The Labute approximate surface area is 94.8 Å². The van der Waals surface area contributed by atoms with Crippen molar-refractivity contribution >= 4 is 12.0 Å². The molecular weight excluding hydrogens is 202 g/mol. The first-order chi connectivity index (χ1) is 7.74.